The Morgan fingerprint density at radius 2 is 1.93 bits per heavy atom. The monoisotopic (exact) mass is 371 g/mol. The average molecular weight is 371 g/mol. The number of aromatic amines is 1. The van der Waals surface area contributed by atoms with E-state index in [1.54, 1.807) is 11.1 Å². The van der Waals surface area contributed by atoms with Crippen LogP contribution in [0.25, 0.3) is 16.6 Å². The molecular weight excluding hydrogens is 355 g/mol. The van der Waals surface area contributed by atoms with Crippen molar-refractivity contribution < 1.29 is 18.0 Å². The fraction of sp³-hybridized carbons (Fsp3) is 0.200. The van der Waals surface area contributed by atoms with Crippen LogP contribution in [0.1, 0.15) is 27.9 Å². The third-order valence-corrected chi connectivity index (χ3v) is 4.75. The van der Waals surface area contributed by atoms with Crippen LogP contribution in [-0.2, 0) is 6.18 Å². The molecule has 1 aliphatic heterocycles. The van der Waals surface area contributed by atoms with Gasteiger partial charge < -0.3 is 9.88 Å². The number of benzene rings is 1. The van der Waals surface area contributed by atoms with Gasteiger partial charge in [-0.1, -0.05) is 6.08 Å². The van der Waals surface area contributed by atoms with Crippen LogP contribution in [0.4, 0.5) is 13.2 Å². The smallest absolute Gasteiger partial charge is 0.346 e. The fourth-order valence-corrected chi connectivity index (χ4v) is 3.30. The van der Waals surface area contributed by atoms with Crippen molar-refractivity contribution in [2.45, 2.75) is 12.6 Å². The lowest BCUT2D eigenvalue weighted by molar-refractivity contribution is -0.137. The fourth-order valence-electron chi connectivity index (χ4n) is 3.30. The molecule has 0 unspecified atom stereocenters. The normalized spacial score (nSPS) is 15.1. The summed E-state index contributed by atoms with van der Waals surface area (Å²) in [5, 5.41) is 1.03. The van der Waals surface area contributed by atoms with Gasteiger partial charge in [0.25, 0.3) is 5.91 Å². The van der Waals surface area contributed by atoms with Crippen LogP contribution in [0.15, 0.2) is 54.9 Å². The van der Waals surface area contributed by atoms with E-state index in [9.17, 15) is 18.0 Å². The van der Waals surface area contributed by atoms with E-state index in [0.29, 0.717) is 19.5 Å². The number of hydrogen-bond donors (Lipinski definition) is 1. The number of hydrogen-bond acceptors (Lipinski definition) is 2. The molecule has 0 spiro atoms. The minimum atomic E-state index is -4.40. The van der Waals surface area contributed by atoms with Crippen molar-refractivity contribution in [1.82, 2.24) is 14.9 Å². The summed E-state index contributed by atoms with van der Waals surface area (Å²) in [7, 11) is 0. The lowest BCUT2D eigenvalue weighted by atomic mass is 9.99. The molecule has 1 aliphatic rings. The highest BCUT2D eigenvalue weighted by molar-refractivity contribution is 5.95. The number of nitrogens with zero attached hydrogens (tertiary/aromatic N) is 2. The third kappa shape index (κ3) is 3.32. The van der Waals surface area contributed by atoms with Crippen LogP contribution in [0, 0.1) is 0 Å². The molecule has 0 fully saturated rings. The molecule has 0 atom stereocenters. The summed E-state index contributed by atoms with van der Waals surface area (Å²) in [4.78, 5) is 21.6. The van der Waals surface area contributed by atoms with Gasteiger partial charge in [-0.05, 0) is 48.4 Å². The summed E-state index contributed by atoms with van der Waals surface area (Å²) >= 11 is 0. The summed E-state index contributed by atoms with van der Waals surface area (Å²) in [6, 6.07) is 8.22. The molecular formula is C20H16F3N3O. The molecule has 3 heterocycles. The average Bonchev–Trinajstić information content (AvgIpc) is 3.11. The minimum absolute atomic E-state index is 0.260. The van der Waals surface area contributed by atoms with Crippen molar-refractivity contribution in [1.29, 1.82) is 0 Å². The van der Waals surface area contributed by atoms with Crippen LogP contribution in [0.3, 0.4) is 0 Å². The quantitative estimate of drug-likeness (QED) is 0.721. The molecule has 1 N–H and O–H groups in total. The zero-order valence-corrected chi connectivity index (χ0v) is 14.3. The van der Waals surface area contributed by atoms with Gasteiger partial charge in [-0.2, -0.15) is 13.2 Å². The highest BCUT2D eigenvalue weighted by atomic mass is 19.4. The number of nitrogens with one attached hydrogen (secondary N) is 1. The molecule has 0 saturated heterocycles. The molecule has 27 heavy (non-hydrogen) atoms. The van der Waals surface area contributed by atoms with E-state index in [-0.39, 0.29) is 11.5 Å². The Hall–Kier alpha value is -3.09. The summed E-state index contributed by atoms with van der Waals surface area (Å²) in [6.45, 7) is 0.931. The summed E-state index contributed by atoms with van der Waals surface area (Å²) in [6.07, 6.45) is 1.90. The number of fused-ring (bicyclic) bond motifs is 1. The summed E-state index contributed by atoms with van der Waals surface area (Å²) < 4.78 is 38.0. The molecule has 0 saturated carbocycles. The molecule has 2 aromatic heterocycles. The van der Waals surface area contributed by atoms with Gasteiger partial charge in [0, 0.05) is 42.0 Å². The standard InChI is InChI=1S/C20H16F3N3O/c21-20(22,23)15-5-3-14(4-6-15)19(27)26-10-7-13(8-11-26)17-12-25-18-16(17)2-1-9-24-18/h1-7,9,12H,8,10-11H2,(H,24,25). The maximum Gasteiger partial charge on any atom is 0.416 e. The largest absolute Gasteiger partial charge is 0.416 e. The topological polar surface area (TPSA) is 49.0 Å². The van der Waals surface area contributed by atoms with Gasteiger partial charge in [-0.3, -0.25) is 4.79 Å². The summed E-state index contributed by atoms with van der Waals surface area (Å²) in [5.74, 6) is -0.264. The van der Waals surface area contributed by atoms with E-state index in [2.05, 4.69) is 9.97 Å². The Morgan fingerprint density at radius 3 is 2.59 bits per heavy atom. The molecule has 4 nitrogen and oxygen atoms in total. The van der Waals surface area contributed by atoms with Crippen LogP contribution in [0.2, 0.25) is 0 Å². The van der Waals surface area contributed by atoms with E-state index in [4.69, 9.17) is 0 Å². The van der Waals surface area contributed by atoms with E-state index in [1.807, 2.05) is 24.4 Å². The number of halogens is 3. The molecule has 4 rings (SSSR count). The van der Waals surface area contributed by atoms with Crippen molar-refractivity contribution in [3.05, 3.63) is 71.6 Å². The number of alkyl halides is 3. The lowest BCUT2D eigenvalue weighted by Crippen LogP contribution is -2.34. The van der Waals surface area contributed by atoms with Crippen molar-refractivity contribution in [2.75, 3.05) is 13.1 Å². The highest BCUT2D eigenvalue weighted by Crippen LogP contribution is 2.30. The summed E-state index contributed by atoms with van der Waals surface area (Å²) in [5.41, 5.74) is 2.52. The zero-order valence-electron chi connectivity index (χ0n) is 14.3. The van der Waals surface area contributed by atoms with Gasteiger partial charge in [0.15, 0.2) is 0 Å². The van der Waals surface area contributed by atoms with Gasteiger partial charge in [0.05, 0.1) is 5.56 Å². The van der Waals surface area contributed by atoms with E-state index >= 15 is 0 Å². The molecule has 1 aromatic carbocycles. The van der Waals surface area contributed by atoms with Crippen molar-refractivity contribution in [2.24, 2.45) is 0 Å². The van der Waals surface area contributed by atoms with Crippen LogP contribution >= 0.6 is 0 Å². The number of pyridine rings is 1. The SMILES string of the molecule is O=C(c1ccc(C(F)(F)F)cc1)N1CC=C(c2c[nH]c3ncccc23)CC1. The number of aromatic nitrogens is 2. The maximum atomic E-state index is 12.7. The van der Waals surface area contributed by atoms with Crippen LogP contribution in [-0.4, -0.2) is 33.9 Å². The van der Waals surface area contributed by atoms with Gasteiger partial charge in [-0.25, -0.2) is 4.98 Å². The second-order valence-corrected chi connectivity index (χ2v) is 6.41. The Kier molecular flexibility index (Phi) is 4.22. The predicted octanol–water partition coefficient (Wildman–Crippen LogP) is 4.51. The second kappa shape index (κ2) is 6.57. The van der Waals surface area contributed by atoms with Crippen LogP contribution < -0.4 is 0 Å². The van der Waals surface area contributed by atoms with Crippen LogP contribution in [0.5, 0.6) is 0 Å². The number of rotatable bonds is 2. The van der Waals surface area contributed by atoms with Crippen molar-refractivity contribution >= 4 is 22.5 Å². The van der Waals surface area contributed by atoms with Gasteiger partial charge in [-0.15, -0.1) is 0 Å². The number of H-pyrrole nitrogens is 1. The Labute approximate surface area is 153 Å². The Balaban J connectivity index is 1.50. The third-order valence-electron chi connectivity index (χ3n) is 4.75. The van der Waals surface area contributed by atoms with Gasteiger partial charge in [0.1, 0.15) is 5.65 Å². The molecule has 0 aliphatic carbocycles. The second-order valence-electron chi connectivity index (χ2n) is 6.41. The van der Waals surface area contributed by atoms with Crippen molar-refractivity contribution in [3.63, 3.8) is 0 Å². The Bertz CT molecular complexity index is 1020. The first-order valence-electron chi connectivity index (χ1n) is 8.51. The van der Waals surface area contributed by atoms with E-state index in [1.165, 1.54) is 12.1 Å². The van der Waals surface area contributed by atoms with Gasteiger partial charge in [0.2, 0.25) is 0 Å². The van der Waals surface area contributed by atoms with E-state index < -0.39 is 11.7 Å². The molecule has 3 aromatic rings. The molecule has 138 valence electrons. The maximum absolute atomic E-state index is 12.7. The first kappa shape index (κ1) is 17.3. The molecule has 7 heteroatoms. The predicted molar refractivity (Wildman–Crippen MR) is 96.0 cm³/mol. The zero-order chi connectivity index (χ0) is 19.0. The molecule has 0 bridgehead atoms. The number of amides is 1. The van der Waals surface area contributed by atoms with E-state index in [0.717, 1.165) is 34.3 Å². The molecule has 1 amide bonds. The first-order chi connectivity index (χ1) is 12.9. The lowest BCUT2D eigenvalue weighted by Gasteiger charge is -2.26. The number of carbonyl (C=O) groups is 1. The molecule has 0 radical (unpaired) electrons. The first-order valence-corrected chi connectivity index (χ1v) is 8.51. The minimum Gasteiger partial charge on any atom is -0.346 e. The van der Waals surface area contributed by atoms with Crippen molar-refractivity contribution in [3.8, 4) is 0 Å². The number of carbonyl (C=O) groups excluding carboxylic acids is 1. The van der Waals surface area contributed by atoms with Gasteiger partial charge >= 0.3 is 6.18 Å². The highest BCUT2D eigenvalue weighted by Gasteiger charge is 2.30. The Morgan fingerprint density at radius 1 is 1.15 bits per heavy atom.